The van der Waals surface area contributed by atoms with Crippen LogP contribution in [0.25, 0.3) is 0 Å². The lowest BCUT2D eigenvalue weighted by atomic mass is 9.94. The van der Waals surface area contributed by atoms with Crippen LogP contribution < -0.4 is 0 Å². The molecule has 130 valence electrons. The van der Waals surface area contributed by atoms with Gasteiger partial charge in [0.15, 0.2) is 0 Å². The van der Waals surface area contributed by atoms with Crippen molar-refractivity contribution >= 4 is 5.97 Å². The average Bonchev–Trinajstić information content (AvgIpc) is 2.22. The van der Waals surface area contributed by atoms with Crippen molar-refractivity contribution in [2.45, 2.75) is 43.6 Å². The fourth-order valence-corrected chi connectivity index (χ4v) is 1.11. The lowest BCUT2D eigenvalue weighted by Crippen LogP contribution is -2.60. The van der Waals surface area contributed by atoms with Gasteiger partial charge in [-0.15, -0.1) is 0 Å². The molecule has 0 aromatic heterocycles. The topological polar surface area (TPSA) is 46.5 Å². The van der Waals surface area contributed by atoms with Gasteiger partial charge in [0.25, 0.3) is 5.60 Å². The molecule has 12 heteroatoms. The van der Waals surface area contributed by atoms with Crippen LogP contribution in [0.2, 0.25) is 0 Å². The van der Waals surface area contributed by atoms with E-state index in [0.717, 1.165) is 6.92 Å². The van der Waals surface area contributed by atoms with Crippen LogP contribution in [0.5, 0.6) is 0 Å². The summed E-state index contributed by atoms with van der Waals surface area (Å²) in [7, 11) is 0. The van der Waals surface area contributed by atoms with E-state index in [1.165, 1.54) is 0 Å². The summed E-state index contributed by atoms with van der Waals surface area (Å²) in [6.45, 7) is 3.66. The molecular formula is C10H9F9O3. The highest BCUT2D eigenvalue weighted by molar-refractivity contribution is 5.87. The molecule has 0 saturated heterocycles. The van der Waals surface area contributed by atoms with Crippen LogP contribution in [0.1, 0.15) is 13.3 Å². The second-order valence-corrected chi connectivity index (χ2v) is 4.28. The Balaban J connectivity index is 5.70. The third kappa shape index (κ3) is 4.52. The van der Waals surface area contributed by atoms with Gasteiger partial charge in [0.1, 0.15) is 0 Å². The number of hydrogen-bond acceptors (Lipinski definition) is 3. The number of halogens is 9. The van der Waals surface area contributed by atoms with Crippen LogP contribution in [-0.2, 0) is 9.53 Å². The Morgan fingerprint density at radius 1 is 1.05 bits per heavy atom. The van der Waals surface area contributed by atoms with Gasteiger partial charge in [0.2, 0.25) is 6.10 Å². The second-order valence-electron chi connectivity index (χ2n) is 4.28. The number of esters is 1. The average molecular weight is 348 g/mol. The van der Waals surface area contributed by atoms with Gasteiger partial charge in [-0.05, 0) is 6.92 Å². The number of carbonyl (C=O) groups is 1. The summed E-state index contributed by atoms with van der Waals surface area (Å²) < 4.78 is 115. The Kier molecular flexibility index (Phi) is 5.57. The van der Waals surface area contributed by atoms with Gasteiger partial charge in [-0.3, -0.25) is 0 Å². The number of alkyl halides is 9. The summed E-state index contributed by atoms with van der Waals surface area (Å²) in [4.78, 5) is 10.9. The van der Waals surface area contributed by atoms with E-state index in [9.17, 15) is 44.3 Å². The molecule has 0 bridgehead atoms. The van der Waals surface area contributed by atoms with E-state index in [1.54, 1.807) is 0 Å². The van der Waals surface area contributed by atoms with Gasteiger partial charge < -0.3 is 9.84 Å². The summed E-state index contributed by atoms with van der Waals surface area (Å²) >= 11 is 0. The SMILES string of the molecule is C=C(C)C(=O)OC(CC(O)(C(F)(F)F)C(F)(F)F)C(F)(F)F. The first-order chi connectivity index (χ1) is 9.43. The molecule has 1 N–H and O–H groups in total. The van der Waals surface area contributed by atoms with Crippen LogP contribution in [0, 0.1) is 0 Å². The molecule has 1 unspecified atom stereocenters. The van der Waals surface area contributed by atoms with Crippen molar-refractivity contribution in [2.24, 2.45) is 0 Å². The molecule has 0 radical (unpaired) electrons. The maximum Gasteiger partial charge on any atom is 0.426 e. The monoisotopic (exact) mass is 348 g/mol. The standard InChI is InChI=1S/C10H9F9O3/c1-4(2)6(20)22-5(8(11,12)13)3-7(21,9(14,15)16)10(17,18)19/h5,21H,1,3H2,2H3. The van der Waals surface area contributed by atoms with E-state index in [4.69, 9.17) is 5.11 Å². The Bertz CT molecular complexity index is 418. The Hall–Kier alpha value is -1.46. The molecule has 0 heterocycles. The molecule has 3 nitrogen and oxygen atoms in total. The Labute approximate surface area is 117 Å². The minimum atomic E-state index is -6.47. The first-order valence-electron chi connectivity index (χ1n) is 5.22. The van der Waals surface area contributed by atoms with E-state index in [0.29, 0.717) is 0 Å². The second kappa shape index (κ2) is 5.97. The fraction of sp³-hybridized carbons (Fsp3) is 0.700. The highest BCUT2D eigenvalue weighted by atomic mass is 19.4. The summed E-state index contributed by atoms with van der Waals surface area (Å²) in [5.74, 6) is -1.85. The molecule has 0 aliphatic heterocycles. The molecular weight excluding hydrogens is 339 g/mol. The smallest absolute Gasteiger partial charge is 0.426 e. The maximum absolute atomic E-state index is 12.5. The zero-order valence-corrected chi connectivity index (χ0v) is 10.7. The number of rotatable bonds is 4. The third-order valence-electron chi connectivity index (χ3n) is 2.38. The molecule has 0 aromatic carbocycles. The van der Waals surface area contributed by atoms with Crippen molar-refractivity contribution in [2.75, 3.05) is 0 Å². The molecule has 0 saturated carbocycles. The summed E-state index contributed by atoms with van der Waals surface area (Å²) in [6, 6.07) is 0. The lowest BCUT2D eigenvalue weighted by Gasteiger charge is -2.35. The molecule has 22 heavy (non-hydrogen) atoms. The first kappa shape index (κ1) is 20.5. The molecule has 0 aromatic rings. The maximum atomic E-state index is 12.5. The molecule has 0 amide bonds. The van der Waals surface area contributed by atoms with Crippen molar-refractivity contribution in [1.82, 2.24) is 0 Å². The highest BCUT2D eigenvalue weighted by Gasteiger charge is 2.72. The van der Waals surface area contributed by atoms with Gasteiger partial charge in [-0.2, -0.15) is 39.5 Å². The molecule has 0 aliphatic rings. The van der Waals surface area contributed by atoms with Crippen LogP contribution in [-0.4, -0.2) is 41.3 Å². The van der Waals surface area contributed by atoms with E-state index in [1.807, 2.05) is 0 Å². The number of aliphatic hydroxyl groups is 1. The zero-order chi connectivity index (χ0) is 18.1. The van der Waals surface area contributed by atoms with Gasteiger partial charge in [0.05, 0.1) is 0 Å². The largest absolute Gasteiger partial charge is 0.449 e. The lowest BCUT2D eigenvalue weighted by molar-refractivity contribution is -0.380. The fourth-order valence-electron chi connectivity index (χ4n) is 1.11. The summed E-state index contributed by atoms with van der Waals surface area (Å²) in [6.07, 6.45) is -25.5. The van der Waals surface area contributed by atoms with Crippen LogP contribution >= 0.6 is 0 Å². The predicted molar refractivity (Wildman–Crippen MR) is 52.4 cm³/mol. The van der Waals surface area contributed by atoms with Crippen LogP contribution in [0.15, 0.2) is 12.2 Å². The van der Waals surface area contributed by atoms with E-state index in [-0.39, 0.29) is 0 Å². The number of ether oxygens (including phenoxy) is 1. The third-order valence-corrected chi connectivity index (χ3v) is 2.38. The summed E-state index contributed by atoms with van der Waals surface area (Å²) in [5.41, 5.74) is -6.38. The van der Waals surface area contributed by atoms with Crippen molar-refractivity contribution in [3.8, 4) is 0 Å². The van der Waals surface area contributed by atoms with E-state index in [2.05, 4.69) is 11.3 Å². The normalized spacial score (nSPS) is 15.4. The first-order valence-corrected chi connectivity index (χ1v) is 5.22. The minimum absolute atomic E-state index is 0.684. The summed E-state index contributed by atoms with van der Waals surface area (Å²) in [5, 5.41) is 8.71. The van der Waals surface area contributed by atoms with E-state index < -0.39 is 48.2 Å². The predicted octanol–water partition coefficient (Wildman–Crippen LogP) is 3.28. The van der Waals surface area contributed by atoms with Gasteiger partial charge >= 0.3 is 24.5 Å². The zero-order valence-electron chi connectivity index (χ0n) is 10.7. The molecule has 0 rings (SSSR count). The van der Waals surface area contributed by atoms with Gasteiger partial charge in [0, 0.05) is 12.0 Å². The van der Waals surface area contributed by atoms with Crippen LogP contribution in [0.4, 0.5) is 39.5 Å². The molecule has 0 fully saturated rings. The minimum Gasteiger partial charge on any atom is -0.449 e. The van der Waals surface area contributed by atoms with Gasteiger partial charge in [-0.1, -0.05) is 6.58 Å². The quantitative estimate of drug-likeness (QED) is 0.482. The molecule has 0 aliphatic carbocycles. The highest BCUT2D eigenvalue weighted by Crippen LogP contribution is 2.47. The van der Waals surface area contributed by atoms with Crippen molar-refractivity contribution < 1.29 is 54.2 Å². The number of hydrogen-bond donors (Lipinski definition) is 1. The molecule has 0 spiro atoms. The van der Waals surface area contributed by atoms with Crippen LogP contribution in [0.3, 0.4) is 0 Å². The van der Waals surface area contributed by atoms with Crippen molar-refractivity contribution in [1.29, 1.82) is 0 Å². The van der Waals surface area contributed by atoms with Gasteiger partial charge in [-0.25, -0.2) is 4.79 Å². The Morgan fingerprint density at radius 3 is 1.64 bits per heavy atom. The Morgan fingerprint density at radius 2 is 1.41 bits per heavy atom. The van der Waals surface area contributed by atoms with E-state index >= 15 is 0 Å². The van der Waals surface area contributed by atoms with Crippen molar-refractivity contribution in [3.63, 3.8) is 0 Å². The van der Waals surface area contributed by atoms with Crippen molar-refractivity contribution in [3.05, 3.63) is 12.2 Å². The number of carbonyl (C=O) groups excluding carboxylic acids is 1. The molecule has 1 atom stereocenters.